The summed E-state index contributed by atoms with van der Waals surface area (Å²) in [6.45, 7) is 4.78. The fraction of sp³-hybridized carbons (Fsp3) is 0.750. The molecule has 6 aliphatic rings. The van der Waals surface area contributed by atoms with Crippen LogP contribution in [-0.2, 0) is 14.3 Å². The molecule has 3 saturated carbocycles. The minimum Gasteiger partial charge on any atom is -0.458 e. The van der Waals surface area contributed by atoms with E-state index in [2.05, 4.69) is 26.0 Å². The fourth-order valence-electron chi connectivity index (χ4n) is 8.68. The Morgan fingerprint density at radius 3 is 2.68 bits per heavy atom. The summed E-state index contributed by atoms with van der Waals surface area (Å²) in [7, 11) is 0. The number of hydrogen-bond acceptors (Lipinski definition) is 4. The molecule has 28 heavy (non-hydrogen) atoms. The first-order chi connectivity index (χ1) is 13.3. The third-order valence-electron chi connectivity index (χ3n) is 9.89. The number of carbonyl (C=O) groups is 2. The van der Waals surface area contributed by atoms with Crippen LogP contribution in [0.15, 0.2) is 23.8 Å². The van der Waals surface area contributed by atoms with Gasteiger partial charge in [-0.2, -0.15) is 0 Å². The molecule has 1 spiro atoms. The van der Waals surface area contributed by atoms with Crippen molar-refractivity contribution in [1.82, 2.24) is 0 Å². The second-order valence-corrected chi connectivity index (χ2v) is 10.8. The SMILES string of the molecule is C[C@]12CCC(=O)C=C1[C@H](CO)CC1C2C=C[C@@]2(C)C1C1CC1C21CCC(=O)O1. The first-order valence-corrected chi connectivity index (χ1v) is 11.1. The zero-order chi connectivity index (χ0) is 19.5. The van der Waals surface area contributed by atoms with E-state index in [0.29, 0.717) is 42.4 Å². The topological polar surface area (TPSA) is 63.6 Å². The number of fused-ring (bicyclic) bond motifs is 9. The molecular formula is C24H30O4. The second kappa shape index (κ2) is 5.19. The molecule has 150 valence electrons. The van der Waals surface area contributed by atoms with Gasteiger partial charge in [-0.05, 0) is 60.8 Å². The Morgan fingerprint density at radius 2 is 1.96 bits per heavy atom. The van der Waals surface area contributed by atoms with Crippen molar-refractivity contribution in [3.8, 4) is 0 Å². The van der Waals surface area contributed by atoms with E-state index < -0.39 is 0 Å². The first kappa shape index (κ1) is 17.4. The van der Waals surface area contributed by atoms with Crippen LogP contribution in [-0.4, -0.2) is 29.1 Å². The number of ketones is 1. The van der Waals surface area contributed by atoms with Gasteiger partial charge in [-0.1, -0.05) is 31.6 Å². The van der Waals surface area contributed by atoms with E-state index in [4.69, 9.17) is 4.74 Å². The Hall–Kier alpha value is -1.42. The maximum absolute atomic E-state index is 12.2. The molecule has 5 aliphatic carbocycles. The molecule has 0 radical (unpaired) electrons. The Labute approximate surface area is 166 Å². The van der Waals surface area contributed by atoms with Gasteiger partial charge in [0.2, 0.25) is 0 Å². The lowest BCUT2D eigenvalue weighted by molar-refractivity contribution is -0.162. The summed E-state index contributed by atoms with van der Waals surface area (Å²) in [6, 6.07) is 0. The maximum Gasteiger partial charge on any atom is 0.306 e. The zero-order valence-electron chi connectivity index (χ0n) is 16.8. The van der Waals surface area contributed by atoms with Gasteiger partial charge in [-0.25, -0.2) is 0 Å². The van der Waals surface area contributed by atoms with Crippen molar-refractivity contribution in [1.29, 1.82) is 0 Å². The molecule has 6 unspecified atom stereocenters. The van der Waals surface area contributed by atoms with E-state index in [1.165, 1.54) is 12.0 Å². The summed E-state index contributed by atoms with van der Waals surface area (Å²) in [4.78, 5) is 24.3. The lowest BCUT2D eigenvalue weighted by atomic mass is 9.46. The average Bonchev–Trinajstić information content (AvgIpc) is 3.30. The summed E-state index contributed by atoms with van der Waals surface area (Å²) in [5.41, 5.74) is 0.771. The molecule has 0 amide bonds. The summed E-state index contributed by atoms with van der Waals surface area (Å²) >= 11 is 0. The van der Waals surface area contributed by atoms with Gasteiger partial charge in [0.25, 0.3) is 0 Å². The standard InChI is InChI=1S/C24H30O4/c1-22-6-3-14(26)10-18(22)13(12-25)9-15-17(22)4-7-23(2)21(15)16-11-19(16)24(23)8-5-20(27)28-24/h4,7,10,13,15-17,19,21,25H,3,5-6,8-9,11-12H2,1-2H3/t13-,15?,16?,17?,19?,21?,22+,23-,24?/m0/s1. The molecule has 1 aliphatic heterocycles. The smallest absolute Gasteiger partial charge is 0.306 e. The molecule has 1 heterocycles. The van der Waals surface area contributed by atoms with Crippen molar-refractivity contribution in [2.45, 2.75) is 58.0 Å². The van der Waals surface area contributed by atoms with Crippen molar-refractivity contribution >= 4 is 11.8 Å². The van der Waals surface area contributed by atoms with Gasteiger partial charge in [-0.3, -0.25) is 9.59 Å². The van der Waals surface area contributed by atoms with Crippen LogP contribution in [0.3, 0.4) is 0 Å². The van der Waals surface area contributed by atoms with Crippen molar-refractivity contribution in [3.63, 3.8) is 0 Å². The van der Waals surface area contributed by atoms with Gasteiger partial charge < -0.3 is 9.84 Å². The molecule has 4 fully saturated rings. The van der Waals surface area contributed by atoms with Crippen LogP contribution < -0.4 is 0 Å². The molecule has 6 rings (SSSR count). The lowest BCUT2D eigenvalue weighted by Crippen LogP contribution is -2.56. The summed E-state index contributed by atoms with van der Waals surface area (Å²) in [6.07, 6.45) is 11.7. The van der Waals surface area contributed by atoms with Crippen LogP contribution in [0.5, 0.6) is 0 Å². The summed E-state index contributed by atoms with van der Waals surface area (Å²) in [5.74, 6) is 2.87. The quantitative estimate of drug-likeness (QED) is 0.557. The highest BCUT2D eigenvalue weighted by Crippen LogP contribution is 2.78. The largest absolute Gasteiger partial charge is 0.458 e. The molecule has 1 saturated heterocycles. The summed E-state index contributed by atoms with van der Waals surface area (Å²) < 4.78 is 6.12. The third-order valence-corrected chi connectivity index (χ3v) is 9.89. The number of carbonyl (C=O) groups excluding carboxylic acids is 2. The predicted octanol–water partition coefficient (Wildman–Crippen LogP) is 3.44. The highest BCUT2D eigenvalue weighted by Gasteiger charge is 2.78. The molecular weight excluding hydrogens is 352 g/mol. The molecule has 1 N–H and O–H groups in total. The Bertz CT molecular complexity index is 842. The van der Waals surface area contributed by atoms with Gasteiger partial charge in [-0.15, -0.1) is 0 Å². The number of aliphatic hydroxyl groups is 1. The van der Waals surface area contributed by atoms with Crippen LogP contribution in [0.1, 0.15) is 52.4 Å². The zero-order valence-corrected chi connectivity index (χ0v) is 16.8. The molecule has 4 heteroatoms. The summed E-state index contributed by atoms with van der Waals surface area (Å²) in [5, 5.41) is 10.2. The van der Waals surface area contributed by atoms with Gasteiger partial charge in [0.1, 0.15) is 5.60 Å². The minimum absolute atomic E-state index is 0.0251. The lowest BCUT2D eigenvalue weighted by Gasteiger charge is -2.58. The first-order valence-electron chi connectivity index (χ1n) is 11.1. The van der Waals surface area contributed by atoms with Crippen molar-refractivity contribution < 1.29 is 19.4 Å². The van der Waals surface area contributed by atoms with E-state index in [1.807, 2.05) is 6.08 Å². The predicted molar refractivity (Wildman–Crippen MR) is 103 cm³/mol. The van der Waals surface area contributed by atoms with Crippen molar-refractivity contribution in [2.24, 2.45) is 46.3 Å². The monoisotopic (exact) mass is 382 g/mol. The third kappa shape index (κ3) is 1.82. The highest BCUT2D eigenvalue weighted by atomic mass is 16.6. The molecule has 9 atom stereocenters. The van der Waals surface area contributed by atoms with Gasteiger partial charge in [0, 0.05) is 36.7 Å². The van der Waals surface area contributed by atoms with E-state index >= 15 is 0 Å². The van der Waals surface area contributed by atoms with Gasteiger partial charge in [0.05, 0.1) is 0 Å². The Balaban J connectivity index is 1.47. The average molecular weight is 383 g/mol. The minimum atomic E-state index is -0.296. The van der Waals surface area contributed by atoms with E-state index in [-0.39, 0.29) is 40.7 Å². The molecule has 0 aromatic heterocycles. The van der Waals surface area contributed by atoms with Crippen molar-refractivity contribution in [3.05, 3.63) is 23.8 Å². The van der Waals surface area contributed by atoms with Crippen LogP contribution in [0.25, 0.3) is 0 Å². The fourth-order valence-corrected chi connectivity index (χ4v) is 8.68. The number of rotatable bonds is 1. The van der Waals surface area contributed by atoms with E-state index in [1.54, 1.807) is 0 Å². The number of esters is 1. The number of aliphatic hydroxyl groups excluding tert-OH is 1. The van der Waals surface area contributed by atoms with Crippen LogP contribution in [0, 0.1) is 46.3 Å². The molecule has 0 aromatic carbocycles. The Kier molecular flexibility index (Phi) is 3.23. The van der Waals surface area contributed by atoms with Crippen molar-refractivity contribution in [2.75, 3.05) is 6.61 Å². The van der Waals surface area contributed by atoms with Crippen LogP contribution in [0.2, 0.25) is 0 Å². The number of ether oxygens (including phenoxy) is 1. The van der Waals surface area contributed by atoms with Gasteiger partial charge >= 0.3 is 5.97 Å². The molecule has 4 nitrogen and oxygen atoms in total. The van der Waals surface area contributed by atoms with E-state index in [9.17, 15) is 14.7 Å². The van der Waals surface area contributed by atoms with Crippen LogP contribution >= 0.6 is 0 Å². The second-order valence-electron chi connectivity index (χ2n) is 10.8. The molecule has 0 bridgehead atoms. The maximum atomic E-state index is 12.2. The Morgan fingerprint density at radius 1 is 1.14 bits per heavy atom. The van der Waals surface area contributed by atoms with Crippen LogP contribution in [0.4, 0.5) is 0 Å². The van der Waals surface area contributed by atoms with Gasteiger partial charge in [0.15, 0.2) is 5.78 Å². The molecule has 0 aromatic rings. The highest BCUT2D eigenvalue weighted by molar-refractivity contribution is 5.91. The normalized spacial score (nSPS) is 55.9. The number of hydrogen-bond donors (Lipinski definition) is 1. The van der Waals surface area contributed by atoms with E-state index in [0.717, 1.165) is 19.3 Å². The number of allylic oxidation sites excluding steroid dienone is 2.